The lowest BCUT2D eigenvalue weighted by atomic mass is 10.2. The maximum atomic E-state index is 13.6. The van der Waals surface area contributed by atoms with Gasteiger partial charge in [-0.3, -0.25) is 9.36 Å². The molecule has 0 unspecified atom stereocenters. The van der Waals surface area contributed by atoms with E-state index >= 15 is 0 Å². The van der Waals surface area contributed by atoms with Gasteiger partial charge in [-0.25, -0.2) is 9.18 Å². The molecule has 27 heavy (non-hydrogen) atoms. The summed E-state index contributed by atoms with van der Waals surface area (Å²) in [6, 6.07) is 6.04. The molecule has 2 N–H and O–H groups in total. The van der Waals surface area contributed by atoms with E-state index in [1.807, 2.05) is 0 Å². The average molecular weight is 391 g/mol. The molecule has 6 nitrogen and oxygen atoms in total. The SMILES string of the molecule is C[NH+](C)CCn1c2c(c(SCC(=O)Nc3ccccc3F)nc1=O)CCC2. The predicted molar refractivity (Wildman–Crippen MR) is 104 cm³/mol. The highest BCUT2D eigenvalue weighted by Crippen LogP contribution is 2.29. The third-order valence-electron chi connectivity index (χ3n) is 4.52. The molecule has 0 radical (unpaired) electrons. The fourth-order valence-electron chi connectivity index (χ4n) is 3.15. The number of halogens is 1. The van der Waals surface area contributed by atoms with Crippen molar-refractivity contribution in [1.82, 2.24) is 9.55 Å². The lowest BCUT2D eigenvalue weighted by molar-refractivity contribution is -0.859. The molecular formula is C19H24FN4O2S+. The second-order valence-corrected chi connectivity index (χ2v) is 7.87. The van der Waals surface area contributed by atoms with Crippen molar-refractivity contribution in [1.29, 1.82) is 0 Å². The topological polar surface area (TPSA) is 68.4 Å². The first-order chi connectivity index (χ1) is 13.0. The summed E-state index contributed by atoms with van der Waals surface area (Å²) >= 11 is 1.24. The number of likely N-dealkylation sites (N-methyl/N-ethyl adjacent to an activating group) is 1. The number of anilines is 1. The molecule has 1 aromatic heterocycles. The van der Waals surface area contributed by atoms with Crippen LogP contribution in [0.3, 0.4) is 0 Å². The van der Waals surface area contributed by atoms with E-state index in [4.69, 9.17) is 0 Å². The standard InChI is InChI=1S/C19H23FN4O2S/c1-23(2)10-11-24-16-9-5-6-13(16)18(22-19(24)26)27-12-17(25)21-15-8-4-3-7-14(15)20/h3-4,7-8H,5-6,9-12H2,1-2H3,(H,21,25)/p+1. The van der Waals surface area contributed by atoms with Gasteiger partial charge in [0.05, 0.1) is 38.6 Å². The highest BCUT2D eigenvalue weighted by Gasteiger charge is 2.22. The number of carbonyl (C=O) groups is 1. The third kappa shape index (κ3) is 4.75. The minimum Gasteiger partial charge on any atom is -0.338 e. The van der Waals surface area contributed by atoms with Crippen molar-refractivity contribution >= 4 is 23.4 Å². The van der Waals surface area contributed by atoms with Crippen LogP contribution in [0.2, 0.25) is 0 Å². The second kappa shape index (κ2) is 8.67. The fourth-order valence-corrected chi connectivity index (χ4v) is 4.03. The van der Waals surface area contributed by atoms with Gasteiger partial charge < -0.3 is 10.2 Å². The summed E-state index contributed by atoms with van der Waals surface area (Å²) in [6.07, 6.45) is 2.73. The number of quaternary nitrogens is 1. The minimum absolute atomic E-state index is 0.0824. The summed E-state index contributed by atoms with van der Waals surface area (Å²) in [5.41, 5.74) is 2.03. The third-order valence-corrected chi connectivity index (χ3v) is 5.54. The van der Waals surface area contributed by atoms with Crippen molar-refractivity contribution in [3.63, 3.8) is 0 Å². The largest absolute Gasteiger partial charge is 0.349 e. The summed E-state index contributed by atoms with van der Waals surface area (Å²) in [6.45, 7) is 1.50. The smallest absolute Gasteiger partial charge is 0.338 e. The number of aromatic nitrogens is 2. The van der Waals surface area contributed by atoms with Crippen LogP contribution in [-0.2, 0) is 24.2 Å². The molecule has 1 aliphatic carbocycles. The van der Waals surface area contributed by atoms with Crippen molar-refractivity contribution < 1.29 is 14.1 Å². The zero-order chi connectivity index (χ0) is 19.4. The molecule has 1 aliphatic rings. The molecular weight excluding hydrogens is 367 g/mol. The van der Waals surface area contributed by atoms with Gasteiger partial charge in [0.15, 0.2) is 0 Å². The molecule has 0 fully saturated rings. The van der Waals surface area contributed by atoms with Crippen LogP contribution >= 0.6 is 11.8 Å². The molecule has 0 aliphatic heterocycles. The van der Waals surface area contributed by atoms with Gasteiger partial charge in [0.1, 0.15) is 10.8 Å². The molecule has 3 rings (SSSR count). The Morgan fingerprint density at radius 1 is 1.33 bits per heavy atom. The maximum Gasteiger partial charge on any atom is 0.349 e. The molecule has 1 aromatic carbocycles. The van der Waals surface area contributed by atoms with Gasteiger partial charge in [0, 0.05) is 11.3 Å². The summed E-state index contributed by atoms with van der Waals surface area (Å²) < 4.78 is 15.4. The molecule has 1 amide bonds. The predicted octanol–water partition coefficient (Wildman–Crippen LogP) is 0.746. The lowest BCUT2D eigenvalue weighted by Gasteiger charge is -2.15. The number of para-hydroxylation sites is 1. The first-order valence-corrected chi connectivity index (χ1v) is 10.0. The zero-order valence-corrected chi connectivity index (χ0v) is 16.4. The Labute approximate surface area is 161 Å². The Kier molecular flexibility index (Phi) is 6.28. The van der Waals surface area contributed by atoms with E-state index in [1.165, 1.54) is 28.8 Å². The van der Waals surface area contributed by atoms with Crippen LogP contribution < -0.4 is 15.9 Å². The number of hydrogen-bond acceptors (Lipinski definition) is 4. The highest BCUT2D eigenvalue weighted by molar-refractivity contribution is 8.00. The number of thioether (sulfide) groups is 1. The number of nitrogens with zero attached hydrogens (tertiary/aromatic N) is 2. The van der Waals surface area contributed by atoms with Crippen LogP contribution in [0.15, 0.2) is 34.1 Å². The first kappa shape index (κ1) is 19.6. The lowest BCUT2D eigenvalue weighted by Crippen LogP contribution is -3.06. The van der Waals surface area contributed by atoms with Crippen LogP contribution in [0.1, 0.15) is 17.7 Å². The Balaban J connectivity index is 1.71. The van der Waals surface area contributed by atoms with Gasteiger partial charge in [-0.15, -0.1) is 0 Å². The van der Waals surface area contributed by atoms with Crippen LogP contribution in [0.5, 0.6) is 0 Å². The highest BCUT2D eigenvalue weighted by atomic mass is 32.2. The summed E-state index contributed by atoms with van der Waals surface area (Å²) in [7, 11) is 4.11. The van der Waals surface area contributed by atoms with Crippen molar-refractivity contribution in [2.24, 2.45) is 0 Å². The number of carbonyl (C=O) groups excluding carboxylic acids is 1. The van der Waals surface area contributed by atoms with E-state index < -0.39 is 5.82 Å². The molecule has 0 atom stereocenters. The number of rotatable bonds is 7. The van der Waals surface area contributed by atoms with Gasteiger partial charge in [-0.1, -0.05) is 23.9 Å². The molecule has 144 valence electrons. The van der Waals surface area contributed by atoms with Crippen molar-refractivity contribution in [2.75, 3.05) is 31.7 Å². The number of amides is 1. The second-order valence-electron chi connectivity index (χ2n) is 6.90. The molecule has 8 heteroatoms. The Bertz CT molecular complexity index is 898. The number of hydrogen-bond donors (Lipinski definition) is 2. The number of benzene rings is 1. The van der Waals surface area contributed by atoms with Crippen LogP contribution in [0.4, 0.5) is 10.1 Å². The van der Waals surface area contributed by atoms with Gasteiger partial charge >= 0.3 is 5.69 Å². The molecule has 1 heterocycles. The summed E-state index contributed by atoms with van der Waals surface area (Å²) in [5, 5.41) is 3.19. The normalized spacial score (nSPS) is 13.0. The van der Waals surface area contributed by atoms with Crippen LogP contribution in [0, 0.1) is 5.82 Å². The number of fused-ring (bicyclic) bond motifs is 1. The quantitative estimate of drug-likeness (QED) is 0.540. The zero-order valence-electron chi connectivity index (χ0n) is 15.5. The summed E-state index contributed by atoms with van der Waals surface area (Å²) in [4.78, 5) is 30.1. The van der Waals surface area contributed by atoms with Gasteiger partial charge in [0.25, 0.3) is 0 Å². The van der Waals surface area contributed by atoms with E-state index in [9.17, 15) is 14.0 Å². The van der Waals surface area contributed by atoms with E-state index in [-0.39, 0.29) is 23.0 Å². The molecule has 2 aromatic rings. The maximum absolute atomic E-state index is 13.6. The Morgan fingerprint density at radius 2 is 2.11 bits per heavy atom. The summed E-state index contributed by atoms with van der Waals surface area (Å²) in [5.74, 6) is -0.710. The molecule has 0 bridgehead atoms. The monoisotopic (exact) mass is 391 g/mol. The van der Waals surface area contributed by atoms with Gasteiger partial charge in [-0.2, -0.15) is 4.98 Å². The van der Waals surface area contributed by atoms with E-state index in [2.05, 4.69) is 24.4 Å². The van der Waals surface area contributed by atoms with Crippen molar-refractivity contribution in [3.8, 4) is 0 Å². The Hall–Kier alpha value is -2.19. The Morgan fingerprint density at radius 3 is 2.85 bits per heavy atom. The molecule has 0 saturated carbocycles. The van der Waals surface area contributed by atoms with Crippen molar-refractivity contribution in [3.05, 3.63) is 51.8 Å². The van der Waals surface area contributed by atoms with Gasteiger partial charge in [0.2, 0.25) is 5.91 Å². The minimum atomic E-state index is -0.472. The van der Waals surface area contributed by atoms with Crippen LogP contribution in [-0.4, -0.2) is 41.9 Å². The average Bonchev–Trinajstić information content (AvgIpc) is 3.10. The van der Waals surface area contributed by atoms with Crippen LogP contribution in [0.25, 0.3) is 0 Å². The van der Waals surface area contributed by atoms with E-state index in [0.717, 1.165) is 37.1 Å². The van der Waals surface area contributed by atoms with E-state index in [0.29, 0.717) is 11.6 Å². The molecule has 0 spiro atoms. The fraction of sp³-hybridized carbons (Fsp3) is 0.421. The van der Waals surface area contributed by atoms with E-state index in [1.54, 1.807) is 16.7 Å². The number of nitrogens with one attached hydrogen (secondary N) is 2. The first-order valence-electron chi connectivity index (χ1n) is 9.04. The van der Waals surface area contributed by atoms with Crippen molar-refractivity contribution in [2.45, 2.75) is 30.8 Å². The molecule has 0 saturated heterocycles. The van der Waals surface area contributed by atoms with Gasteiger partial charge in [-0.05, 0) is 31.4 Å².